The lowest BCUT2D eigenvalue weighted by atomic mass is 10.1. The van der Waals surface area contributed by atoms with Gasteiger partial charge in [0.1, 0.15) is 0 Å². The zero-order chi connectivity index (χ0) is 14.0. The molecule has 19 heavy (non-hydrogen) atoms. The van der Waals surface area contributed by atoms with Crippen LogP contribution in [0.5, 0.6) is 0 Å². The number of carbonyl (C=O) groups is 1. The van der Waals surface area contributed by atoms with E-state index in [4.69, 9.17) is 9.84 Å². The Morgan fingerprint density at radius 2 is 2.11 bits per heavy atom. The molecule has 1 saturated heterocycles. The Morgan fingerprint density at radius 1 is 1.42 bits per heavy atom. The Labute approximate surface area is 107 Å². The topological polar surface area (TPSA) is 49.8 Å². The number of rotatable bonds is 3. The zero-order valence-corrected chi connectivity index (χ0v) is 9.85. The van der Waals surface area contributed by atoms with Crippen molar-refractivity contribution in [1.29, 1.82) is 0 Å². The smallest absolute Gasteiger partial charge is 0.416 e. The van der Waals surface area contributed by atoms with Crippen molar-refractivity contribution in [2.75, 3.05) is 13.1 Å². The van der Waals surface area contributed by atoms with Crippen molar-refractivity contribution >= 4 is 6.09 Å². The molecular formula is C12H12F3NO3. The molecule has 4 nitrogen and oxygen atoms in total. The first kappa shape index (κ1) is 13.7. The van der Waals surface area contributed by atoms with E-state index >= 15 is 0 Å². The second kappa shape index (κ2) is 5.08. The molecule has 1 aromatic carbocycles. The summed E-state index contributed by atoms with van der Waals surface area (Å²) >= 11 is 0. The number of hydrogen-bond acceptors (Lipinski definition) is 2. The quantitative estimate of drug-likeness (QED) is 0.922. The molecule has 0 atom stereocenters. The molecule has 1 amide bonds. The van der Waals surface area contributed by atoms with Gasteiger partial charge in [0.15, 0.2) is 0 Å². The van der Waals surface area contributed by atoms with E-state index < -0.39 is 17.8 Å². The van der Waals surface area contributed by atoms with E-state index in [1.165, 1.54) is 11.0 Å². The highest BCUT2D eigenvalue weighted by molar-refractivity contribution is 5.66. The van der Waals surface area contributed by atoms with E-state index in [0.717, 1.165) is 12.1 Å². The van der Waals surface area contributed by atoms with Gasteiger partial charge in [0.2, 0.25) is 0 Å². The predicted molar refractivity (Wildman–Crippen MR) is 59.6 cm³/mol. The zero-order valence-electron chi connectivity index (χ0n) is 9.85. The van der Waals surface area contributed by atoms with Gasteiger partial charge in [0, 0.05) is 0 Å². The normalized spacial score (nSPS) is 16.3. The monoisotopic (exact) mass is 275 g/mol. The Bertz CT molecular complexity index is 470. The summed E-state index contributed by atoms with van der Waals surface area (Å²) in [5.41, 5.74) is -0.294. The number of nitrogens with zero attached hydrogens (tertiary/aromatic N) is 1. The summed E-state index contributed by atoms with van der Waals surface area (Å²) in [6.45, 7) is 0.560. The standard InChI is InChI=1S/C12H12F3NO3/c13-12(14,15)9-3-1-2-8(4-9)7-19-10-5-16(6-10)11(17)18/h1-4,10H,5-7H2,(H,17,18). The number of benzene rings is 1. The Hall–Kier alpha value is -1.76. The van der Waals surface area contributed by atoms with Gasteiger partial charge < -0.3 is 14.7 Å². The fourth-order valence-electron chi connectivity index (χ4n) is 1.75. The van der Waals surface area contributed by atoms with Crippen molar-refractivity contribution < 1.29 is 27.8 Å². The SMILES string of the molecule is O=C(O)N1CC(OCc2cccc(C(F)(F)F)c2)C1. The van der Waals surface area contributed by atoms with Crippen molar-refractivity contribution in [2.24, 2.45) is 0 Å². The fourth-order valence-corrected chi connectivity index (χ4v) is 1.75. The van der Waals surface area contributed by atoms with Gasteiger partial charge in [-0.15, -0.1) is 0 Å². The van der Waals surface area contributed by atoms with Crippen molar-refractivity contribution in [2.45, 2.75) is 18.9 Å². The Kier molecular flexibility index (Phi) is 3.66. The van der Waals surface area contributed by atoms with Crippen LogP contribution in [0.3, 0.4) is 0 Å². The average Bonchev–Trinajstić information content (AvgIpc) is 2.25. The van der Waals surface area contributed by atoms with Crippen LogP contribution in [0.4, 0.5) is 18.0 Å². The summed E-state index contributed by atoms with van der Waals surface area (Å²) < 4.78 is 42.8. The first-order valence-corrected chi connectivity index (χ1v) is 5.62. The van der Waals surface area contributed by atoms with Crippen LogP contribution in [-0.4, -0.2) is 35.3 Å². The maximum absolute atomic E-state index is 12.5. The van der Waals surface area contributed by atoms with Crippen LogP contribution < -0.4 is 0 Å². The molecule has 0 aliphatic carbocycles. The summed E-state index contributed by atoms with van der Waals surface area (Å²) in [4.78, 5) is 11.7. The highest BCUT2D eigenvalue weighted by Crippen LogP contribution is 2.29. The van der Waals surface area contributed by atoms with E-state index in [1.54, 1.807) is 6.07 Å². The minimum Gasteiger partial charge on any atom is -0.465 e. The number of alkyl halides is 3. The second-order valence-corrected chi connectivity index (χ2v) is 4.32. The largest absolute Gasteiger partial charge is 0.465 e. The van der Waals surface area contributed by atoms with Gasteiger partial charge in [0.25, 0.3) is 0 Å². The van der Waals surface area contributed by atoms with Crippen LogP contribution in [0, 0.1) is 0 Å². The van der Waals surface area contributed by atoms with E-state index in [9.17, 15) is 18.0 Å². The Morgan fingerprint density at radius 3 is 2.68 bits per heavy atom. The molecule has 2 rings (SSSR count). The van der Waals surface area contributed by atoms with E-state index in [2.05, 4.69) is 0 Å². The number of amides is 1. The number of halogens is 3. The molecule has 1 heterocycles. The molecular weight excluding hydrogens is 263 g/mol. The van der Waals surface area contributed by atoms with Gasteiger partial charge in [-0.3, -0.25) is 0 Å². The average molecular weight is 275 g/mol. The summed E-state index contributed by atoms with van der Waals surface area (Å²) in [7, 11) is 0. The third kappa shape index (κ3) is 3.37. The second-order valence-electron chi connectivity index (χ2n) is 4.32. The molecule has 1 aliphatic heterocycles. The van der Waals surface area contributed by atoms with E-state index in [1.807, 2.05) is 0 Å². The molecule has 0 aromatic heterocycles. The molecule has 7 heteroatoms. The molecule has 1 N–H and O–H groups in total. The first-order valence-electron chi connectivity index (χ1n) is 5.62. The minimum absolute atomic E-state index is 0.0437. The third-order valence-electron chi connectivity index (χ3n) is 2.86. The van der Waals surface area contributed by atoms with Gasteiger partial charge >= 0.3 is 12.3 Å². The number of likely N-dealkylation sites (tertiary alicyclic amines) is 1. The van der Waals surface area contributed by atoms with Crippen LogP contribution in [0.15, 0.2) is 24.3 Å². The number of hydrogen-bond donors (Lipinski definition) is 1. The molecule has 0 radical (unpaired) electrons. The van der Waals surface area contributed by atoms with Gasteiger partial charge in [-0.25, -0.2) is 4.79 Å². The van der Waals surface area contributed by atoms with Gasteiger partial charge in [-0.2, -0.15) is 13.2 Å². The Balaban J connectivity index is 1.86. The summed E-state index contributed by atoms with van der Waals surface area (Å²) in [6, 6.07) is 4.90. The highest BCUT2D eigenvalue weighted by atomic mass is 19.4. The number of ether oxygens (including phenoxy) is 1. The molecule has 0 unspecified atom stereocenters. The minimum atomic E-state index is -4.37. The van der Waals surface area contributed by atoms with Gasteiger partial charge in [-0.1, -0.05) is 12.1 Å². The lowest BCUT2D eigenvalue weighted by Crippen LogP contribution is -2.54. The summed E-state index contributed by atoms with van der Waals surface area (Å²) in [6.07, 6.45) is -5.63. The van der Waals surface area contributed by atoms with E-state index in [-0.39, 0.29) is 25.8 Å². The van der Waals surface area contributed by atoms with Crippen LogP contribution in [0.2, 0.25) is 0 Å². The van der Waals surface area contributed by atoms with Crippen LogP contribution in [-0.2, 0) is 17.5 Å². The maximum Gasteiger partial charge on any atom is 0.416 e. The molecule has 0 spiro atoms. The lowest BCUT2D eigenvalue weighted by molar-refractivity contribution is -0.137. The van der Waals surface area contributed by atoms with E-state index in [0.29, 0.717) is 5.56 Å². The van der Waals surface area contributed by atoms with Crippen LogP contribution in [0.1, 0.15) is 11.1 Å². The molecule has 0 bridgehead atoms. The van der Waals surface area contributed by atoms with Crippen LogP contribution >= 0.6 is 0 Å². The van der Waals surface area contributed by atoms with Gasteiger partial charge in [0.05, 0.1) is 31.4 Å². The first-order chi connectivity index (χ1) is 8.86. The summed E-state index contributed by atoms with van der Waals surface area (Å²) in [5.74, 6) is 0. The molecule has 1 fully saturated rings. The van der Waals surface area contributed by atoms with Crippen LogP contribution in [0.25, 0.3) is 0 Å². The molecule has 0 saturated carbocycles. The van der Waals surface area contributed by atoms with Crippen molar-refractivity contribution in [1.82, 2.24) is 4.90 Å². The molecule has 1 aromatic rings. The molecule has 104 valence electrons. The maximum atomic E-state index is 12.5. The highest BCUT2D eigenvalue weighted by Gasteiger charge is 2.32. The third-order valence-corrected chi connectivity index (χ3v) is 2.86. The molecule has 1 aliphatic rings. The number of carboxylic acid groups (broad SMARTS) is 1. The van der Waals surface area contributed by atoms with Gasteiger partial charge in [-0.05, 0) is 17.7 Å². The fraction of sp³-hybridized carbons (Fsp3) is 0.417. The predicted octanol–water partition coefficient (Wildman–Crippen LogP) is 2.58. The van der Waals surface area contributed by atoms with Crippen molar-refractivity contribution in [3.8, 4) is 0 Å². The van der Waals surface area contributed by atoms with Crippen molar-refractivity contribution in [3.05, 3.63) is 35.4 Å². The van der Waals surface area contributed by atoms with Crippen molar-refractivity contribution in [3.63, 3.8) is 0 Å². The lowest BCUT2D eigenvalue weighted by Gasteiger charge is -2.36. The summed E-state index contributed by atoms with van der Waals surface area (Å²) in [5, 5.41) is 8.61.